The Morgan fingerprint density at radius 2 is 1.95 bits per heavy atom. The average molecular weight is 294 g/mol. The molecule has 7 nitrogen and oxygen atoms in total. The lowest BCUT2D eigenvalue weighted by atomic mass is 10.2. The van der Waals surface area contributed by atoms with E-state index in [4.69, 9.17) is 10.2 Å². The van der Waals surface area contributed by atoms with Gasteiger partial charge in [-0.1, -0.05) is 11.2 Å². The maximum atomic E-state index is 12.5. The molecule has 1 aliphatic heterocycles. The van der Waals surface area contributed by atoms with Gasteiger partial charge in [-0.3, -0.25) is 0 Å². The lowest BCUT2D eigenvalue weighted by Crippen LogP contribution is -2.27. The molecular formula is C12H14N4O3S. The predicted molar refractivity (Wildman–Crippen MR) is 72.1 cm³/mol. The van der Waals surface area contributed by atoms with Crippen LogP contribution in [0.1, 0.15) is 12.8 Å². The Morgan fingerprint density at radius 3 is 2.60 bits per heavy atom. The summed E-state index contributed by atoms with van der Waals surface area (Å²) in [6, 6.07) is 6.40. The average Bonchev–Trinajstić information content (AvgIpc) is 3.10. The highest BCUT2D eigenvalue weighted by Crippen LogP contribution is 2.25. The Labute approximate surface area is 116 Å². The van der Waals surface area contributed by atoms with Gasteiger partial charge in [0.2, 0.25) is 15.9 Å². The molecule has 2 aromatic rings. The molecule has 0 spiro atoms. The normalized spacial score (nSPS) is 16.6. The molecule has 1 aromatic heterocycles. The number of hydrogen-bond donors (Lipinski definition) is 1. The van der Waals surface area contributed by atoms with Gasteiger partial charge in [0.05, 0.1) is 4.90 Å². The molecule has 1 aromatic carbocycles. The fourth-order valence-corrected chi connectivity index (χ4v) is 3.78. The van der Waals surface area contributed by atoms with E-state index >= 15 is 0 Å². The Hall–Kier alpha value is -1.93. The Bertz CT molecular complexity index is 720. The zero-order valence-corrected chi connectivity index (χ0v) is 11.5. The maximum absolute atomic E-state index is 12.5. The fraction of sp³-hybridized carbons (Fsp3) is 0.333. The summed E-state index contributed by atoms with van der Waals surface area (Å²) in [5.74, 6) is 0.209. The zero-order valence-electron chi connectivity index (χ0n) is 10.7. The minimum Gasteiger partial charge on any atom is -0.404 e. The van der Waals surface area contributed by atoms with Crippen LogP contribution in [0.2, 0.25) is 0 Å². The number of nitrogen functional groups attached to an aromatic ring is 1. The van der Waals surface area contributed by atoms with E-state index < -0.39 is 10.0 Å². The van der Waals surface area contributed by atoms with Crippen LogP contribution in [0, 0.1) is 0 Å². The van der Waals surface area contributed by atoms with Crippen molar-refractivity contribution in [2.45, 2.75) is 17.7 Å². The highest BCUT2D eigenvalue weighted by molar-refractivity contribution is 7.89. The molecule has 0 bridgehead atoms. The molecule has 0 radical (unpaired) electrons. The molecule has 20 heavy (non-hydrogen) atoms. The summed E-state index contributed by atoms with van der Waals surface area (Å²) in [6.07, 6.45) is 1.80. The molecule has 1 aliphatic rings. The SMILES string of the molecule is Nc1nnc(-c2cccc(S(=O)(=O)N3CCCC3)c2)o1. The van der Waals surface area contributed by atoms with Crippen LogP contribution in [0.3, 0.4) is 0 Å². The number of benzene rings is 1. The number of sulfonamides is 1. The lowest BCUT2D eigenvalue weighted by Gasteiger charge is -2.15. The van der Waals surface area contributed by atoms with Crippen molar-refractivity contribution in [1.29, 1.82) is 0 Å². The number of anilines is 1. The molecule has 106 valence electrons. The maximum Gasteiger partial charge on any atom is 0.313 e. The molecule has 8 heteroatoms. The summed E-state index contributed by atoms with van der Waals surface area (Å²) in [6.45, 7) is 1.14. The van der Waals surface area contributed by atoms with Crippen LogP contribution in [0.25, 0.3) is 11.5 Å². The van der Waals surface area contributed by atoms with Gasteiger partial charge in [-0.25, -0.2) is 8.42 Å². The number of rotatable bonds is 3. The van der Waals surface area contributed by atoms with Crippen molar-refractivity contribution in [2.24, 2.45) is 0 Å². The largest absolute Gasteiger partial charge is 0.404 e. The van der Waals surface area contributed by atoms with Crippen molar-refractivity contribution in [1.82, 2.24) is 14.5 Å². The van der Waals surface area contributed by atoms with Crippen molar-refractivity contribution < 1.29 is 12.8 Å². The summed E-state index contributed by atoms with van der Waals surface area (Å²) in [4.78, 5) is 0.230. The number of aromatic nitrogens is 2. The van der Waals surface area contributed by atoms with Gasteiger partial charge < -0.3 is 10.2 Å². The minimum absolute atomic E-state index is 0.0483. The second kappa shape index (κ2) is 4.88. The quantitative estimate of drug-likeness (QED) is 0.909. The second-order valence-corrected chi connectivity index (χ2v) is 6.52. The van der Waals surface area contributed by atoms with Gasteiger partial charge in [0.1, 0.15) is 0 Å². The lowest BCUT2D eigenvalue weighted by molar-refractivity contribution is 0.477. The van der Waals surface area contributed by atoms with E-state index in [1.54, 1.807) is 18.2 Å². The predicted octanol–water partition coefficient (Wildman–Crippen LogP) is 1.10. The van der Waals surface area contributed by atoms with Crippen molar-refractivity contribution in [3.8, 4) is 11.5 Å². The summed E-state index contributed by atoms with van der Waals surface area (Å²) >= 11 is 0. The Balaban J connectivity index is 1.99. The third-order valence-corrected chi connectivity index (χ3v) is 5.12. The molecule has 0 aliphatic carbocycles. The molecule has 0 atom stereocenters. The first-order chi connectivity index (χ1) is 9.57. The van der Waals surface area contributed by atoms with Gasteiger partial charge in [0, 0.05) is 18.7 Å². The highest BCUT2D eigenvalue weighted by Gasteiger charge is 2.27. The first-order valence-electron chi connectivity index (χ1n) is 6.27. The van der Waals surface area contributed by atoms with Crippen molar-refractivity contribution in [3.63, 3.8) is 0 Å². The smallest absolute Gasteiger partial charge is 0.313 e. The Morgan fingerprint density at radius 1 is 1.20 bits per heavy atom. The molecule has 0 saturated carbocycles. The first kappa shape index (κ1) is 13.1. The summed E-state index contributed by atoms with van der Waals surface area (Å²) in [5, 5.41) is 7.32. The van der Waals surface area contributed by atoms with E-state index in [0.29, 0.717) is 18.7 Å². The molecule has 0 amide bonds. The molecule has 2 N–H and O–H groups in total. The third-order valence-electron chi connectivity index (χ3n) is 3.22. The minimum atomic E-state index is -3.45. The molecule has 1 fully saturated rings. The highest BCUT2D eigenvalue weighted by atomic mass is 32.2. The van der Waals surface area contributed by atoms with Crippen LogP contribution < -0.4 is 5.73 Å². The van der Waals surface area contributed by atoms with Crippen molar-refractivity contribution >= 4 is 16.0 Å². The van der Waals surface area contributed by atoms with Gasteiger partial charge in [-0.05, 0) is 31.0 Å². The van der Waals surface area contributed by atoms with Crippen LogP contribution in [0.4, 0.5) is 6.01 Å². The van der Waals surface area contributed by atoms with Crippen LogP contribution in [0.5, 0.6) is 0 Å². The van der Waals surface area contributed by atoms with Gasteiger partial charge in [0.25, 0.3) is 0 Å². The monoisotopic (exact) mass is 294 g/mol. The number of hydrogen-bond acceptors (Lipinski definition) is 6. The van der Waals surface area contributed by atoms with E-state index in [1.807, 2.05) is 0 Å². The molecule has 3 rings (SSSR count). The summed E-state index contributed by atoms with van der Waals surface area (Å²) in [7, 11) is -3.45. The van der Waals surface area contributed by atoms with Crippen LogP contribution in [0.15, 0.2) is 33.6 Å². The zero-order chi connectivity index (χ0) is 14.2. The topological polar surface area (TPSA) is 102 Å². The van der Waals surface area contributed by atoms with Gasteiger partial charge >= 0.3 is 6.01 Å². The van der Waals surface area contributed by atoms with Gasteiger partial charge in [-0.15, -0.1) is 5.10 Å². The van der Waals surface area contributed by atoms with Gasteiger partial charge in [-0.2, -0.15) is 4.31 Å². The Kier molecular flexibility index (Phi) is 3.19. The molecule has 0 unspecified atom stereocenters. The van der Waals surface area contributed by atoms with Crippen molar-refractivity contribution in [2.75, 3.05) is 18.8 Å². The van der Waals surface area contributed by atoms with E-state index in [0.717, 1.165) is 12.8 Å². The standard InChI is InChI=1S/C12H14N4O3S/c13-12-15-14-11(19-12)9-4-3-5-10(8-9)20(17,18)16-6-1-2-7-16/h3-5,8H,1-2,6-7H2,(H2,13,15). The molecular weight excluding hydrogens is 280 g/mol. The van der Waals surface area contributed by atoms with E-state index in [-0.39, 0.29) is 16.8 Å². The fourth-order valence-electron chi connectivity index (χ4n) is 2.22. The van der Waals surface area contributed by atoms with Gasteiger partial charge in [0.15, 0.2) is 0 Å². The van der Waals surface area contributed by atoms with Crippen LogP contribution >= 0.6 is 0 Å². The molecule has 1 saturated heterocycles. The summed E-state index contributed by atoms with van der Waals surface area (Å²) < 4.78 is 31.5. The van der Waals surface area contributed by atoms with Crippen molar-refractivity contribution in [3.05, 3.63) is 24.3 Å². The van der Waals surface area contributed by atoms with Crippen LogP contribution in [-0.2, 0) is 10.0 Å². The first-order valence-corrected chi connectivity index (χ1v) is 7.71. The molecule has 2 heterocycles. The second-order valence-electron chi connectivity index (χ2n) is 4.58. The number of nitrogens with zero attached hydrogens (tertiary/aromatic N) is 3. The van der Waals surface area contributed by atoms with E-state index in [9.17, 15) is 8.42 Å². The van der Waals surface area contributed by atoms with Crippen LogP contribution in [-0.4, -0.2) is 36.0 Å². The van der Waals surface area contributed by atoms with E-state index in [2.05, 4.69) is 10.2 Å². The van der Waals surface area contributed by atoms with E-state index in [1.165, 1.54) is 10.4 Å². The number of nitrogens with two attached hydrogens (primary N) is 1. The summed E-state index contributed by atoms with van der Waals surface area (Å²) in [5.41, 5.74) is 5.91. The third kappa shape index (κ3) is 2.27.